The Morgan fingerprint density at radius 1 is 1.24 bits per heavy atom. The molecule has 0 atom stereocenters. The van der Waals surface area contributed by atoms with Crippen molar-refractivity contribution in [3.63, 3.8) is 0 Å². The fourth-order valence-corrected chi connectivity index (χ4v) is 3.77. The molecule has 2 aromatic rings. The number of hydrogen-bond acceptors (Lipinski definition) is 4. The van der Waals surface area contributed by atoms with E-state index in [4.69, 9.17) is 11.6 Å². The van der Waals surface area contributed by atoms with Crippen LogP contribution in [0.4, 0.5) is 0 Å². The van der Waals surface area contributed by atoms with Gasteiger partial charge in [0.2, 0.25) is 15.9 Å². The lowest BCUT2D eigenvalue weighted by Gasteiger charge is -2.12. The van der Waals surface area contributed by atoms with Crippen LogP contribution in [0.1, 0.15) is 17.0 Å². The summed E-state index contributed by atoms with van der Waals surface area (Å²) in [6.45, 7) is 3.57. The zero-order chi connectivity index (χ0) is 18.8. The molecule has 0 bridgehead atoms. The van der Waals surface area contributed by atoms with Crippen LogP contribution in [-0.4, -0.2) is 42.5 Å². The van der Waals surface area contributed by atoms with Crippen LogP contribution in [0.5, 0.6) is 0 Å². The summed E-state index contributed by atoms with van der Waals surface area (Å²) in [4.78, 5) is 12.3. The predicted octanol–water partition coefficient (Wildman–Crippen LogP) is 1.72. The van der Waals surface area contributed by atoms with Gasteiger partial charge in [-0.2, -0.15) is 5.10 Å². The minimum absolute atomic E-state index is 0.0524. The summed E-state index contributed by atoms with van der Waals surface area (Å²) in [5.74, 6) is -0.255. The van der Waals surface area contributed by atoms with E-state index in [1.54, 1.807) is 26.0 Å². The maximum atomic E-state index is 12.4. The molecular weight excluding hydrogens is 364 g/mol. The Kier molecular flexibility index (Phi) is 5.87. The van der Waals surface area contributed by atoms with Crippen LogP contribution in [0, 0.1) is 13.8 Å². The third kappa shape index (κ3) is 4.39. The molecule has 0 saturated carbocycles. The van der Waals surface area contributed by atoms with Gasteiger partial charge in [-0.05, 0) is 31.5 Å². The number of rotatable bonds is 6. The molecule has 9 heteroatoms. The van der Waals surface area contributed by atoms with E-state index in [9.17, 15) is 13.2 Å². The van der Waals surface area contributed by atoms with Crippen LogP contribution in [0.2, 0.25) is 5.02 Å². The molecule has 2 rings (SSSR count). The Balaban J connectivity index is 2.10. The number of aromatic nitrogens is 2. The first-order valence-corrected chi connectivity index (χ1v) is 9.42. The zero-order valence-corrected chi connectivity index (χ0v) is 16.1. The lowest BCUT2D eigenvalue weighted by Crippen LogP contribution is -2.28. The average molecular weight is 385 g/mol. The van der Waals surface area contributed by atoms with Gasteiger partial charge >= 0.3 is 0 Å². The lowest BCUT2D eigenvalue weighted by atomic mass is 10.2. The van der Waals surface area contributed by atoms with E-state index in [1.165, 1.54) is 18.8 Å². The fraction of sp³-hybridized carbons (Fsp3) is 0.375. The largest absolute Gasteiger partial charge is 0.350 e. The van der Waals surface area contributed by atoms with Crippen LogP contribution < -0.4 is 5.32 Å². The van der Waals surface area contributed by atoms with Crippen molar-refractivity contribution in [2.45, 2.75) is 31.8 Å². The maximum absolute atomic E-state index is 12.4. The number of sulfonamides is 1. The molecule has 0 fully saturated rings. The molecule has 1 heterocycles. The zero-order valence-electron chi connectivity index (χ0n) is 14.6. The molecular formula is C16H21ClN4O3S. The minimum atomic E-state index is -3.61. The highest BCUT2D eigenvalue weighted by Gasteiger charge is 2.27. The highest BCUT2D eigenvalue weighted by molar-refractivity contribution is 7.89. The SMILES string of the molecule is Cc1nn(CC(=O)NCc2ccc(Cl)cc2)c(C)c1S(=O)(=O)N(C)C. The van der Waals surface area contributed by atoms with Crippen molar-refractivity contribution in [2.75, 3.05) is 14.1 Å². The second-order valence-electron chi connectivity index (χ2n) is 5.85. The van der Waals surface area contributed by atoms with Crippen molar-refractivity contribution >= 4 is 27.5 Å². The quantitative estimate of drug-likeness (QED) is 0.821. The van der Waals surface area contributed by atoms with E-state index >= 15 is 0 Å². The first-order chi connectivity index (χ1) is 11.6. The van der Waals surface area contributed by atoms with Crippen molar-refractivity contribution in [1.82, 2.24) is 19.4 Å². The molecule has 136 valence electrons. The van der Waals surface area contributed by atoms with Gasteiger partial charge in [0.1, 0.15) is 11.4 Å². The van der Waals surface area contributed by atoms with Crippen LogP contribution >= 0.6 is 11.6 Å². The number of amides is 1. The molecule has 0 spiro atoms. The Morgan fingerprint density at radius 3 is 2.40 bits per heavy atom. The Bertz CT molecular complexity index is 874. The lowest BCUT2D eigenvalue weighted by molar-refractivity contribution is -0.122. The number of hydrogen-bond donors (Lipinski definition) is 1. The van der Waals surface area contributed by atoms with E-state index in [2.05, 4.69) is 10.4 Å². The highest BCUT2D eigenvalue weighted by Crippen LogP contribution is 2.21. The van der Waals surface area contributed by atoms with Gasteiger partial charge in [-0.25, -0.2) is 12.7 Å². The number of nitrogens with one attached hydrogen (secondary N) is 1. The van der Waals surface area contributed by atoms with Gasteiger partial charge in [0.05, 0.1) is 11.4 Å². The Labute approximate surface area is 152 Å². The van der Waals surface area contributed by atoms with Crippen LogP contribution in [0.15, 0.2) is 29.2 Å². The molecule has 1 aromatic carbocycles. The van der Waals surface area contributed by atoms with Crippen molar-refractivity contribution in [2.24, 2.45) is 0 Å². The molecule has 0 aliphatic rings. The molecule has 1 amide bonds. The molecule has 0 radical (unpaired) electrons. The Hall–Kier alpha value is -1.90. The number of aryl methyl sites for hydroxylation is 1. The summed E-state index contributed by atoms with van der Waals surface area (Å²) in [6.07, 6.45) is 0. The molecule has 0 unspecified atom stereocenters. The van der Waals surface area contributed by atoms with Crippen LogP contribution in [-0.2, 0) is 27.9 Å². The van der Waals surface area contributed by atoms with Crippen molar-refractivity contribution in [3.05, 3.63) is 46.2 Å². The van der Waals surface area contributed by atoms with Gasteiger partial charge in [-0.1, -0.05) is 23.7 Å². The van der Waals surface area contributed by atoms with Crippen molar-refractivity contribution in [1.29, 1.82) is 0 Å². The number of benzene rings is 1. The smallest absolute Gasteiger partial charge is 0.246 e. The van der Waals surface area contributed by atoms with Gasteiger partial charge in [0, 0.05) is 25.7 Å². The summed E-state index contributed by atoms with van der Waals surface area (Å²) in [7, 11) is -0.681. The van der Waals surface area contributed by atoms with E-state index in [-0.39, 0.29) is 17.3 Å². The molecule has 25 heavy (non-hydrogen) atoms. The van der Waals surface area contributed by atoms with E-state index in [1.807, 2.05) is 12.1 Å². The third-order valence-electron chi connectivity index (χ3n) is 3.75. The predicted molar refractivity (Wildman–Crippen MR) is 95.9 cm³/mol. The van der Waals surface area contributed by atoms with Gasteiger partial charge in [-0.3, -0.25) is 9.48 Å². The molecule has 0 aliphatic carbocycles. The number of halogens is 1. The average Bonchev–Trinajstić information content (AvgIpc) is 2.81. The van der Waals surface area contributed by atoms with E-state index in [0.717, 1.165) is 9.87 Å². The van der Waals surface area contributed by atoms with Gasteiger partial charge in [0.15, 0.2) is 0 Å². The van der Waals surface area contributed by atoms with Gasteiger partial charge in [-0.15, -0.1) is 0 Å². The van der Waals surface area contributed by atoms with E-state index < -0.39 is 10.0 Å². The second kappa shape index (κ2) is 7.55. The fourth-order valence-electron chi connectivity index (χ4n) is 2.39. The molecule has 7 nitrogen and oxygen atoms in total. The number of carbonyl (C=O) groups excluding carboxylic acids is 1. The third-order valence-corrected chi connectivity index (χ3v) is 6.07. The van der Waals surface area contributed by atoms with Crippen LogP contribution in [0.3, 0.4) is 0 Å². The first kappa shape index (κ1) is 19.4. The Morgan fingerprint density at radius 2 is 1.84 bits per heavy atom. The van der Waals surface area contributed by atoms with E-state index in [0.29, 0.717) is 23.0 Å². The summed E-state index contributed by atoms with van der Waals surface area (Å²) >= 11 is 5.82. The number of nitrogens with zero attached hydrogens (tertiary/aromatic N) is 3. The second-order valence-corrected chi connectivity index (χ2v) is 8.37. The highest BCUT2D eigenvalue weighted by atomic mass is 35.5. The standard InChI is InChI=1S/C16H21ClN4O3S/c1-11-16(25(23,24)20(3)4)12(2)21(19-11)10-15(22)18-9-13-5-7-14(17)8-6-13/h5-8H,9-10H2,1-4H3,(H,18,22). The summed E-state index contributed by atoms with van der Waals surface area (Å²) in [5, 5.41) is 7.61. The topological polar surface area (TPSA) is 84.3 Å². The van der Waals surface area contributed by atoms with Gasteiger partial charge < -0.3 is 5.32 Å². The molecule has 0 saturated heterocycles. The van der Waals surface area contributed by atoms with Crippen LogP contribution in [0.25, 0.3) is 0 Å². The number of carbonyl (C=O) groups is 1. The summed E-state index contributed by atoms with van der Waals surface area (Å²) < 4.78 is 27.3. The molecule has 1 aromatic heterocycles. The minimum Gasteiger partial charge on any atom is -0.350 e. The molecule has 1 N–H and O–H groups in total. The first-order valence-electron chi connectivity index (χ1n) is 7.60. The maximum Gasteiger partial charge on any atom is 0.246 e. The van der Waals surface area contributed by atoms with Gasteiger partial charge in [0.25, 0.3) is 0 Å². The monoisotopic (exact) mass is 384 g/mol. The molecule has 0 aliphatic heterocycles. The van der Waals surface area contributed by atoms with Crippen molar-refractivity contribution < 1.29 is 13.2 Å². The summed E-state index contributed by atoms with van der Waals surface area (Å²) in [5.41, 5.74) is 1.73. The van der Waals surface area contributed by atoms with Crippen molar-refractivity contribution in [3.8, 4) is 0 Å². The summed E-state index contributed by atoms with van der Waals surface area (Å²) in [6, 6.07) is 7.16. The normalized spacial score (nSPS) is 11.8.